The Bertz CT molecular complexity index is 4500. The van der Waals surface area contributed by atoms with Gasteiger partial charge in [-0.2, -0.15) is 35.3 Å². The number of thioether (sulfide) groups is 3. The van der Waals surface area contributed by atoms with Gasteiger partial charge in [0.05, 0.1) is 37.9 Å². The number of carbonyl (C=O) groups is 20. The minimum absolute atomic E-state index is 0.0138. The minimum atomic E-state index is -1.43. The summed E-state index contributed by atoms with van der Waals surface area (Å²) in [5.41, 5.74) is 29.2. The molecule has 1 aromatic carbocycles. The molecule has 0 radical (unpaired) electrons. The summed E-state index contributed by atoms with van der Waals surface area (Å²) in [5.74, 6) is -28.6. The number of hydrogen-bond donors (Lipinski definition) is 7. The molecule has 3 aliphatic rings. The molecule has 0 aromatic heterocycles. The number of aliphatic hydroxyl groups excluding tert-OH is 1. The van der Waals surface area contributed by atoms with Gasteiger partial charge in [0.1, 0.15) is 86.7 Å². The fourth-order valence-corrected chi connectivity index (χ4v) is 22.6. The van der Waals surface area contributed by atoms with Gasteiger partial charge in [-0.1, -0.05) is 147 Å². The highest BCUT2D eigenvalue weighted by Crippen LogP contribution is 2.37. The number of unbranched alkanes of at least 4 members (excludes halogenated alkanes) is 2. The molecule has 0 spiro atoms. The van der Waals surface area contributed by atoms with E-state index in [0.717, 1.165) is 23.5 Å². The average Bonchev–Trinajstić information content (AvgIpc) is 0.824. The number of nitrogens with zero attached hydrogens (tertiary/aromatic N) is 5. The van der Waals surface area contributed by atoms with Crippen molar-refractivity contribution in [1.29, 1.82) is 0 Å². The number of Topliss-reactive ketones (excluding diaryl/α,β-unsaturated/α-hetero) is 15. The standard InChI is InChI=1S/C108H170N10O22S3/c1-63(2)38-77(39-64(3)4)94(127)46-76(28-29-105(138)139)92(125)45-74(26-20-22-33-114-107(110)111)93(126)50-80-57-141-35-30-102(135)116-60-117-62-118(61-116)104(137)32-37-143-59-82(106(109)140)52-100(133)84(67(9)10)54-88(121)70(14)41-90(123)75(27-21-23-34-115-108(112)113)47-101(134)86(72(16)119)56-96(129)79(44-73-24-18-17-19-25-73)49-95(128)78(40-65(5)6)48-87(120)69(13)42-91(124)81(58-142-36-31-103(117)136)51-99(132)83(66(7)8)53-89(122)71(15)43-98(131)85(68(11)12)55-97(80)130/h17-19,24-25,63-72,74-86,119H,20-23,26-62H2,1-16H3,(H2,109,140)(H,138,139)(H4,110,111,114)(H4,112,113,115)/t69-,70-,71?,72?,74-,75-,76-,78-,79-,80+,81+,82+,83+,84+,85+,86+/m0/s1. The van der Waals surface area contributed by atoms with Crippen LogP contribution in [0.15, 0.2) is 40.3 Å². The number of aliphatic hydroxyl groups is 1. The van der Waals surface area contributed by atoms with Gasteiger partial charge in [0.2, 0.25) is 23.6 Å². The summed E-state index contributed by atoms with van der Waals surface area (Å²) in [5, 5.41) is 21.4. The smallest absolute Gasteiger partial charge is 0.303 e. The summed E-state index contributed by atoms with van der Waals surface area (Å²) in [6.07, 6.45) is -5.48. The van der Waals surface area contributed by atoms with Crippen molar-refractivity contribution < 1.29 is 106 Å². The number of aliphatic imine (C=N–C) groups is 2. The second-order valence-corrected chi connectivity index (χ2v) is 46.6. The third-order valence-electron chi connectivity index (χ3n) is 28.4. The molecule has 4 bridgehead atoms. The molecule has 1 aromatic rings. The molecule has 0 aliphatic carbocycles. The van der Waals surface area contributed by atoms with Crippen LogP contribution in [0.25, 0.3) is 0 Å². The van der Waals surface area contributed by atoms with Gasteiger partial charge in [-0.25, -0.2) is 0 Å². The fraction of sp³-hybridized carbons (Fsp3) is 0.741. The van der Waals surface area contributed by atoms with E-state index in [1.54, 1.807) is 92.6 Å². The zero-order chi connectivity index (χ0) is 107. The largest absolute Gasteiger partial charge is 0.481 e. The average molecular weight is 2060 g/mol. The Balaban J connectivity index is 1.94. The molecule has 16 atom stereocenters. The third kappa shape index (κ3) is 46.8. The highest BCUT2D eigenvalue weighted by atomic mass is 32.2. The van der Waals surface area contributed by atoms with E-state index in [2.05, 4.69) is 9.98 Å². The summed E-state index contributed by atoms with van der Waals surface area (Å²) >= 11 is 3.46. The Hall–Kier alpha value is -8.83. The Morgan fingerprint density at radius 1 is 0.399 bits per heavy atom. The number of fused-ring (bicyclic) bond motifs is 7. The Morgan fingerprint density at radius 2 is 0.790 bits per heavy atom. The Morgan fingerprint density at radius 3 is 1.26 bits per heavy atom. The molecule has 3 fully saturated rings. The van der Waals surface area contributed by atoms with Crippen LogP contribution in [-0.4, -0.2) is 227 Å². The molecule has 4 amide bonds. The van der Waals surface area contributed by atoms with Crippen molar-refractivity contribution in [1.82, 2.24) is 14.7 Å². The topological polar surface area (TPSA) is 546 Å². The van der Waals surface area contributed by atoms with Gasteiger partial charge in [0.15, 0.2) is 11.9 Å². The van der Waals surface area contributed by atoms with Crippen molar-refractivity contribution in [2.75, 3.05) is 67.6 Å². The first-order valence-electron chi connectivity index (χ1n) is 52.0. The van der Waals surface area contributed by atoms with Crippen molar-refractivity contribution in [3.05, 3.63) is 35.9 Å². The van der Waals surface area contributed by atoms with Crippen LogP contribution in [0.2, 0.25) is 0 Å². The number of aliphatic carboxylic acids is 1. The van der Waals surface area contributed by atoms with Crippen LogP contribution < -0.4 is 28.7 Å². The summed E-state index contributed by atoms with van der Waals surface area (Å²) in [4.78, 5) is 306. The van der Waals surface area contributed by atoms with Crippen molar-refractivity contribution in [3.8, 4) is 0 Å². The molecule has 4 rings (SSSR count). The van der Waals surface area contributed by atoms with Crippen molar-refractivity contribution in [2.45, 2.75) is 310 Å². The molecule has 0 saturated carbocycles. The monoisotopic (exact) mass is 2060 g/mol. The van der Waals surface area contributed by atoms with E-state index in [0.29, 0.717) is 44.1 Å². The van der Waals surface area contributed by atoms with Crippen molar-refractivity contribution in [2.24, 2.45) is 169 Å². The van der Waals surface area contributed by atoms with Crippen LogP contribution in [0.1, 0.15) is 303 Å². The highest BCUT2D eigenvalue weighted by Gasteiger charge is 2.43. The molecule has 2 unspecified atom stereocenters. The van der Waals surface area contributed by atoms with Gasteiger partial charge in [0.25, 0.3) is 0 Å². The van der Waals surface area contributed by atoms with Gasteiger partial charge in [-0.3, -0.25) is 106 Å². The summed E-state index contributed by atoms with van der Waals surface area (Å²) in [7, 11) is 0. The van der Waals surface area contributed by atoms with Crippen LogP contribution in [0.4, 0.5) is 0 Å². The maximum Gasteiger partial charge on any atom is 0.303 e. The highest BCUT2D eigenvalue weighted by molar-refractivity contribution is 7.99. The number of hydrogen-bond acceptors (Lipinski definition) is 26. The summed E-state index contributed by atoms with van der Waals surface area (Å²) in [6, 6.07) is 8.86. The van der Waals surface area contributed by atoms with Crippen LogP contribution in [0.3, 0.4) is 0 Å². The molecule has 3 saturated heterocycles. The SMILES string of the molecule is CC(C)CC(CC(C)C)C(=O)C[C@H](CCC(=O)O)C(=O)C[C@H](CCCCN=C(N)N)C(=O)C[C@@H]1CSCCC(=O)N2CN3CN(C2)C(=O)CCSC[C@@H](CC(=O)[C@@H](C(C)C)CC(=O)C(C)CC(=O)[C@@H](C(C)C)CC1=O)C(=O)C[C@H](C)C(=O)C[C@H](CC(C)C)C(=O)C[C@H](Cc1ccccc1)C(=O)C[C@H](C(C)O)C(=O)C[C@H](CCCCN=C(N)N)C(=O)C[C@H](C)C(=O)C[C@H](C(C)C)C(=O)C[C@@H](C(N)=O)CSCCC3=O. The van der Waals surface area contributed by atoms with E-state index < -0.39 is 280 Å². The van der Waals surface area contributed by atoms with Gasteiger partial charge < -0.3 is 53.6 Å². The molecule has 32 nitrogen and oxygen atoms in total. The lowest BCUT2D eigenvalue weighted by Gasteiger charge is -2.42. The molecule has 12 N–H and O–H groups in total. The van der Waals surface area contributed by atoms with Gasteiger partial charge in [-0.15, -0.1) is 0 Å². The molecular weight excluding hydrogens is 1890 g/mol. The molecule has 143 heavy (non-hydrogen) atoms. The maximum absolute atomic E-state index is 15.4. The number of ketones is 15. The molecule has 3 heterocycles. The number of primary amides is 1. The number of benzene rings is 1. The maximum atomic E-state index is 15.4. The van der Waals surface area contributed by atoms with E-state index >= 15 is 28.8 Å². The third-order valence-corrected chi connectivity index (χ3v) is 31.8. The number of carbonyl (C=O) groups excluding carboxylic acids is 19. The van der Waals surface area contributed by atoms with Crippen LogP contribution in [-0.2, 0) is 102 Å². The van der Waals surface area contributed by atoms with Gasteiger partial charge in [0, 0.05) is 252 Å². The second kappa shape index (κ2) is 65.0. The number of rotatable bonds is 35. The number of nitrogens with two attached hydrogens (primary N) is 5. The minimum Gasteiger partial charge on any atom is -0.481 e. The van der Waals surface area contributed by atoms with E-state index in [4.69, 9.17) is 28.7 Å². The first-order valence-corrected chi connectivity index (χ1v) is 55.5. The molecule has 3 aliphatic heterocycles. The number of carboxylic acid groups (broad SMARTS) is 1. The molecule has 802 valence electrons. The first kappa shape index (κ1) is 126. The zero-order valence-electron chi connectivity index (χ0n) is 88.1. The van der Waals surface area contributed by atoms with E-state index in [9.17, 15) is 77.3 Å². The Labute approximate surface area is 861 Å². The summed E-state index contributed by atoms with van der Waals surface area (Å²) < 4.78 is 0. The van der Waals surface area contributed by atoms with E-state index in [-0.39, 0.29) is 206 Å². The van der Waals surface area contributed by atoms with Crippen LogP contribution >= 0.6 is 35.3 Å². The lowest BCUT2D eigenvalue weighted by Crippen LogP contribution is -2.59. The van der Waals surface area contributed by atoms with Crippen molar-refractivity contribution >= 4 is 164 Å². The van der Waals surface area contributed by atoms with E-state index in [1.807, 2.05) is 41.5 Å². The van der Waals surface area contributed by atoms with Gasteiger partial charge in [-0.05, 0) is 106 Å². The lowest BCUT2D eigenvalue weighted by molar-refractivity contribution is -0.158. The normalized spacial score (nSPS) is 24.9. The van der Waals surface area contributed by atoms with Crippen LogP contribution in [0.5, 0.6) is 0 Å². The molecule has 35 heteroatoms. The molecular formula is C108H170N10O22S3. The van der Waals surface area contributed by atoms with E-state index in [1.165, 1.54) is 33.4 Å². The first-order chi connectivity index (χ1) is 67.2. The lowest BCUT2D eigenvalue weighted by atomic mass is 9.77. The number of carboxylic acids is 1. The quantitative estimate of drug-likeness (QED) is 0.0188. The Kier molecular flexibility index (Phi) is 57.5. The fourth-order valence-electron chi connectivity index (χ4n) is 19.4. The summed E-state index contributed by atoms with van der Waals surface area (Å²) in [6.45, 7) is 27.6. The number of guanidine groups is 2. The number of amides is 4. The predicted molar refractivity (Wildman–Crippen MR) is 558 cm³/mol. The van der Waals surface area contributed by atoms with Gasteiger partial charge >= 0.3 is 5.97 Å². The van der Waals surface area contributed by atoms with Crippen LogP contribution in [0, 0.1) is 130 Å². The zero-order valence-corrected chi connectivity index (χ0v) is 90.5. The van der Waals surface area contributed by atoms with Crippen molar-refractivity contribution in [3.63, 3.8) is 0 Å². The predicted octanol–water partition coefficient (Wildman–Crippen LogP) is 13.0. The second-order valence-electron chi connectivity index (χ2n) is 43.1.